The molecular formula is C17H19N3O2. The first-order chi connectivity index (χ1) is 10.6. The summed E-state index contributed by atoms with van der Waals surface area (Å²) >= 11 is 0. The molecule has 0 atom stereocenters. The van der Waals surface area contributed by atoms with Crippen LogP contribution in [0.2, 0.25) is 0 Å². The number of nitrogens with zero attached hydrogens (tertiary/aromatic N) is 1. The van der Waals surface area contributed by atoms with Gasteiger partial charge in [0.15, 0.2) is 0 Å². The number of hydrogen-bond donors (Lipinski definition) is 2. The summed E-state index contributed by atoms with van der Waals surface area (Å²) in [5.41, 5.74) is 9.05. The SMILES string of the molecule is Cc1cc(N)cnc1C=CCNC(=O)OCc1ccccc1. The van der Waals surface area contributed by atoms with Crippen molar-refractivity contribution >= 4 is 17.9 Å². The zero-order valence-electron chi connectivity index (χ0n) is 12.5. The third-order valence-corrected chi connectivity index (χ3v) is 2.99. The van der Waals surface area contributed by atoms with Gasteiger partial charge in [-0.15, -0.1) is 0 Å². The zero-order valence-corrected chi connectivity index (χ0v) is 12.5. The molecule has 0 aliphatic rings. The van der Waals surface area contributed by atoms with Crippen LogP contribution < -0.4 is 11.1 Å². The molecule has 1 aromatic heterocycles. The number of aryl methyl sites for hydroxylation is 1. The normalized spacial score (nSPS) is 10.6. The van der Waals surface area contributed by atoms with Crippen molar-refractivity contribution in [3.8, 4) is 0 Å². The summed E-state index contributed by atoms with van der Waals surface area (Å²) in [5, 5.41) is 2.65. The van der Waals surface area contributed by atoms with Crippen LogP contribution in [0.1, 0.15) is 16.8 Å². The van der Waals surface area contributed by atoms with E-state index in [1.165, 1.54) is 0 Å². The van der Waals surface area contributed by atoms with E-state index in [1.807, 2.05) is 55.5 Å². The average molecular weight is 297 g/mol. The summed E-state index contributed by atoms with van der Waals surface area (Å²) in [4.78, 5) is 15.8. The fourth-order valence-corrected chi connectivity index (χ4v) is 1.87. The monoisotopic (exact) mass is 297 g/mol. The van der Waals surface area contributed by atoms with Gasteiger partial charge in [-0.3, -0.25) is 4.98 Å². The number of rotatable bonds is 5. The summed E-state index contributed by atoms with van der Waals surface area (Å²) in [5.74, 6) is 0. The highest BCUT2D eigenvalue weighted by molar-refractivity contribution is 5.67. The van der Waals surface area contributed by atoms with Crippen LogP contribution in [0.5, 0.6) is 0 Å². The second-order valence-electron chi connectivity index (χ2n) is 4.82. The molecule has 0 bridgehead atoms. The van der Waals surface area contributed by atoms with Crippen LogP contribution in [0.4, 0.5) is 10.5 Å². The number of hydrogen-bond acceptors (Lipinski definition) is 4. The van der Waals surface area contributed by atoms with Crippen molar-refractivity contribution in [2.75, 3.05) is 12.3 Å². The molecule has 0 unspecified atom stereocenters. The maximum absolute atomic E-state index is 11.5. The maximum Gasteiger partial charge on any atom is 0.407 e. The average Bonchev–Trinajstić information content (AvgIpc) is 2.52. The van der Waals surface area contributed by atoms with E-state index in [0.717, 1.165) is 16.8 Å². The summed E-state index contributed by atoms with van der Waals surface area (Å²) in [6.07, 6.45) is 4.81. The van der Waals surface area contributed by atoms with Crippen LogP contribution in [-0.2, 0) is 11.3 Å². The molecule has 0 aliphatic heterocycles. The Morgan fingerprint density at radius 1 is 1.36 bits per heavy atom. The van der Waals surface area contributed by atoms with Gasteiger partial charge in [-0.1, -0.05) is 36.4 Å². The Hall–Kier alpha value is -2.82. The summed E-state index contributed by atoms with van der Waals surface area (Å²) in [7, 11) is 0. The molecule has 0 saturated heterocycles. The molecule has 114 valence electrons. The lowest BCUT2D eigenvalue weighted by Gasteiger charge is -2.05. The molecule has 22 heavy (non-hydrogen) atoms. The molecule has 2 aromatic rings. The number of alkyl carbamates (subject to hydrolysis) is 1. The van der Waals surface area contributed by atoms with Crippen LogP contribution in [0.15, 0.2) is 48.7 Å². The van der Waals surface area contributed by atoms with Gasteiger partial charge in [0.05, 0.1) is 17.6 Å². The van der Waals surface area contributed by atoms with Gasteiger partial charge in [-0.05, 0) is 30.2 Å². The lowest BCUT2D eigenvalue weighted by Crippen LogP contribution is -2.24. The molecule has 0 saturated carbocycles. The van der Waals surface area contributed by atoms with Crippen LogP contribution in [-0.4, -0.2) is 17.6 Å². The Balaban J connectivity index is 1.73. The molecule has 2 rings (SSSR count). The number of pyridine rings is 1. The molecule has 1 heterocycles. The number of aromatic nitrogens is 1. The molecule has 3 N–H and O–H groups in total. The predicted octanol–water partition coefficient (Wildman–Crippen LogP) is 2.91. The first kappa shape index (κ1) is 15.6. The van der Waals surface area contributed by atoms with E-state index < -0.39 is 6.09 Å². The van der Waals surface area contributed by atoms with Crippen molar-refractivity contribution < 1.29 is 9.53 Å². The Bertz CT molecular complexity index is 654. The van der Waals surface area contributed by atoms with Gasteiger partial charge < -0.3 is 15.8 Å². The van der Waals surface area contributed by atoms with E-state index in [2.05, 4.69) is 10.3 Å². The largest absolute Gasteiger partial charge is 0.445 e. The second-order valence-corrected chi connectivity index (χ2v) is 4.82. The van der Waals surface area contributed by atoms with Crippen LogP contribution >= 0.6 is 0 Å². The smallest absolute Gasteiger partial charge is 0.407 e. The first-order valence-corrected chi connectivity index (χ1v) is 6.98. The minimum absolute atomic E-state index is 0.259. The van der Waals surface area contributed by atoms with Crippen molar-refractivity contribution in [3.05, 3.63) is 65.5 Å². The van der Waals surface area contributed by atoms with Gasteiger partial charge >= 0.3 is 6.09 Å². The van der Waals surface area contributed by atoms with E-state index in [-0.39, 0.29) is 6.61 Å². The van der Waals surface area contributed by atoms with Crippen molar-refractivity contribution in [1.82, 2.24) is 10.3 Å². The number of anilines is 1. The van der Waals surface area contributed by atoms with Gasteiger partial charge in [-0.2, -0.15) is 0 Å². The lowest BCUT2D eigenvalue weighted by atomic mass is 10.2. The molecule has 0 fully saturated rings. The second kappa shape index (κ2) is 7.83. The molecule has 0 aliphatic carbocycles. The molecule has 0 radical (unpaired) electrons. The predicted molar refractivity (Wildman–Crippen MR) is 87.1 cm³/mol. The number of amides is 1. The standard InChI is InChI=1S/C17H19N3O2/c1-13-10-15(18)11-20-16(13)8-5-9-19-17(21)22-12-14-6-3-2-4-7-14/h2-8,10-11H,9,12,18H2,1H3,(H,19,21). The van der Waals surface area contributed by atoms with E-state index >= 15 is 0 Å². The van der Waals surface area contributed by atoms with Crippen LogP contribution in [0.3, 0.4) is 0 Å². The van der Waals surface area contributed by atoms with E-state index in [0.29, 0.717) is 12.2 Å². The minimum atomic E-state index is -0.449. The molecular weight excluding hydrogens is 278 g/mol. The van der Waals surface area contributed by atoms with Gasteiger partial charge in [0.25, 0.3) is 0 Å². The Morgan fingerprint density at radius 3 is 2.86 bits per heavy atom. The summed E-state index contributed by atoms with van der Waals surface area (Å²) < 4.78 is 5.10. The number of benzene rings is 1. The highest BCUT2D eigenvalue weighted by Gasteiger charge is 2.00. The van der Waals surface area contributed by atoms with Gasteiger partial charge in [0, 0.05) is 6.54 Å². The number of carbonyl (C=O) groups is 1. The third-order valence-electron chi connectivity index (χ3n) is 2.99. The topological polar surface area (TPSA) is 77.2 Å². The molecule has 1 aromatic carbocycles. The van der Waals surface area contributed by atoms with Gasteiger partial charge in [0.2, 0.25) is 0 Å². The molecule has 1 amide bonds. The van der Waals surface area contributed by atoms with Gasteiger partial charge in [0.1, 0.15) is 6.61 Å². The van der Waals surface area contributed by atoms with Crippen LogP contribution in [0, 0.1) is 6.92 Å². The maximum atomic E-state index is 11.5. The number of nitrogens with one attached hydrogen (secondary N) is 1. The number of nitrogen functional groups attached to an aromatic ring is 1. The third kappa shape index (κ3) is 4.94. The van der Waals surface area contributed by atoms with Crippen molar-refractivity contribution in [2.45, 2.75) is 13.5 Å². The first-order valence-electron chi connectivity index (χ1n) is 6.98. The Labute approximate surface area is 129 Å². The Morgan fingerprint density at radius 2 is 2.14 bits per heavy atom. The molecule has 5 nitrogen and oxygen atoms in total. The lowest BCUT2D eigenvalue weighted by molar-refractivity contribution is 0.141. The molecule has 5 heteroatoms. The van der Waals surface area contributed by atoms with Crippen molar-refractivity contribution in [2.24, 2.45) is 0 Å². The highest BCUT2D eigenvalue weighted by atomic mass is 16.5. The minimum Gasteiger partial charge on any atom is -0.445 e. The van der Waals surface area contributed by atoms with Crippen molar-refractivity contribution in [3.63, 3.8) is 0 Å². The quantitative estimate of drug-likeness (QED) is 0.889. The zero-order chi connectivity index (χ0) is 15.8. The van der Waals surface area contributed by atoms with E-state index in [1.54, 1.807) is 6.20 Å². The number of nitrogens with two attached hydrogens (primary N) is 1. The Kier molecular flexibility index (Phi) is 5.54. The van der Waals surface area contributed by atoms with Crippen molar-refractivity contribution in [1.29, 1.82) is 0 Å². The number of ether oxygens (including phenoxy) is 1. The van der Waals surface area contributed by atoms with E-state index in [4.69, 9.17) is 10.5 Å². The van der Waals surface area contributed by atoms with Crippen LogP contribution in [0.25, 0.3) is 6.08 Å². The number of carbonyl (C=O) groups excluding carboxylic acids is 1. The highest BCUT2D eigenvalue weighted by Crippen LogP contribution is 2.10. The van der Waals surface area contributed by atoms with E-state index in [9.17, 15) is 4.79 Å². The van der Waals surface area contributed by atoms with Gasteiger partial charge in [-0.25, -0.2) is 4.79 Å². The fraction of sp³-hybridized carbons (Fsp3) is 0.176. The summed E-state index contributed by atoms with van der Waals surface area (Å²) in [6.45, 7) is 2.57. The summed E-state index contributed by atoms with van der Waals surface area (Å²) in [6, 6.07) is 11.4. The fourth-order valence-electron chi connectivity index (χ4n) is 1.87. The molecule has 0 spiro atoms.